The first-order valence-electron chi connectivity index (χ1n) is 6.55. The number of ether oxygens (including phenoxy) is 2. The lowest BCUT2D eigenvalue weighted by atomic mass is 10.0. The highest BCUT2D eigenvalue weighted by Gasteiger charge is 2.23. The van der Waals surface area contributed by atoms with Crippen molar-refractivity contribution in [2.75, 3.05) is 6.61 Å². The lowest BCUT2D eigenvalue weighted by Crippen LogP contribution is -2.44. The van der Waals surface area contributed by atoms with Gasteiger partial charge in [-0.05, 0) is 39.0 Å². The molecule has 1 aromatic rings. The number of carbonyl (C=O) groups excluding carboxylic acids is 1. The summed E-state index contributed by atoms with van der Waals surface area (Å²) in [7, 11) is 0. The first kappa shape index (κ1) is 14.5. The number of phenolic OH excluding ortho intramolecular Hbond substituents is 1. The number of phenols is 1. The Morgan fingerprint density at radius 1 is 1.45 bits per heavy atom. The van der Waals surface area contributed by atoms with Gasteiger partial charge in [0, 0.05) is 12.0 Å². The predicted octanol–water partition coefficient (Wildman–Crippen LogP) is 2.25. The van der Waals surface area contributed by atoms with Gasteiger partial charge in [0.2, 0.25) is 0 Å². The number of hydrazine groups is 1. The third-order valence-electron chi connectivity index (χ3n) is 2.78. The Morgan fingerprint density at radius 3 is 2.90 bits per heavy atom. The molecule has 1 atom stereocenters. The average Bonchev–Trinajstić information content (AvgIpc) is 2.34. The largest absolute Gasteiger partial charge is 0.508 e. The van der Waals surface area contributed by atoms with E-state index >= 15 is 0 Å². The van der Waals surface area contributed by atoms with Gasteiger partial charge in [-0.25, -0.2) is 10.2 Å². The van der Waals surface area contributed by atoms with Gasteiger partial charge in [-0.3, -0.25) is 5.43 Å². The molecule has 0 bridgehead atoms. The van der Waals surface area contributed by atoms with E-state index in [1.54, 1.807) is 39.0 Å². The Labute approximate surface area is 118 Å². The molecular weight excluding hydrogens is 260 g/mol. The lowest BCUT2D eigenvalue weighted by Gasteiger charge is -2.27. The fraction of sp³-hybridized carbons (Fsp3) is 0.500. The Hall–Kier alpha value is -1.95. The van der Waals surface area contributed by atoms with Crippen LogP contribution in [0.3, 0.4) is 0 Å². The zero-order chi connectivity index (χ0) is 14.8. The molecule has 1 heterocycles. The zero-order valence-electron chi connectivity index (χ0n) is 11.9. The molecular formula is C14H20N2O4. The highest BCUT2D eigenvalue weighted by molar-refractivity contribution is 5.67. The summed E-state index contributed by atoms with van der Waals surface area (Å²) in [6, 6.07) is 4.79. The molecule has 0 spiro atoms. The second kappa shape index (κ2) is 5.58. The Bertz CT molecular complexity index is 496. The molecule has 2 rings (SSSR count). The second-order valence-corrected chi connectivity index (χ2v) is 5.68. The van der Waals surface area contributed by atoms with Crippen LogP contribution in [0.4, 0.5) is 4.79 Å². The van der Waals surface area contributed by atoms with Crippen LogP contribution in [0, 0.1) is 0 Å². The molecule has 6 nitrogen and oxygen atoms in total. The maximum Gasteiger partial charge on any atom is 0.422 e. The maximum absolute atomic E-state index is 11.6. The number of carbonyl (C=O) groups is 1. The van der Waals surface area contributed by atoms with E-state index in [0.29, 0.717) is 18.8 Å². The highest BCUT2D eigenvalue weighted by atomic mass is 16.6. The molecule has 0 aliphatic carbocycles. The van der Waals surface area contributed by atoms with Gasteiger partial charge in [0.05, 0.1) is 12.6 Å². The molecule has 20 heavy (non-hydrogen) atoms. The van der Waals surface area contributed by atoms with Crippen LogP contribution >= 0.6 is 0 Å². The number of hydrogen-bond acceptors (Lipinski definition) is 5. The third kappa shape index (κ3) is 3.77. The number of fused-ring (bicyclic) bond motifs is 1. The molecule has 0 radical (unpaired) electrons. The van der Waals surface area contributed by atoms with Gasteiger partial charge in [-0.15, -0.1) is 0 Å². The van der Waals surface area contributed by atoms with Crippen molar-refractivity contribution in [3.8, 4) is 11.5 Å². The molecule has 1 aromatic carbocycles. The van der Waals surface area contributed by atoms with Crippen LogP contribution in [0.15, 0.2) is 18.2 Å². The topological polar surface area (TPSA) is 79.8 Å². The van der Waals surface area contributed by atoms with E-state index in [-0.39, 0.29) is 11.8 Å². The number of benzene rings is 1. The first-order valence-corrected chi connectivity index (χ1v) is 6.55. The fourth-order valence-electron chi connectivity index (χ4n) is 1.98. The van der Waals surface area contributed by atoms with Crippen molar-refractivity contribution < 1.29 is 19.4 Å². The number of rotatable bonds is 2. The highest BCUT2D eigenvalue weighted by Crippen LogP contribution is 2.34. The van der Waals surface area contributed by atoms with Crippen LogP contribution in [-0.2, 0) is 4.74 Å². The monoisotopic (exact) mass is 280 g/mol. The minimum absolute atomic E-state index is 0.127. The van der Waals surface area contributed by atoms with Gasteiger partial charge in [0.1, 0.15) is 17.1 Å². The van der Waals surface area contributed by atoms with Crippen molar-refractivity contribution in [1.29, 1.82) is 0 Å². The molecule has 1 aliphatic heterocycles. The Morgan fingerprint density at radius 2 is 2.20 bits per heavy atom. The number of amides is 1. The van der Waals surface area contributed by atoms with Gasteiger partial charge in [-0.1, -0.05) is 0 Å². The van der Waals surface area contributed by atoms with Crippen molar-refractivity contribution in [2.24, 2.45) is 0 Å². The van der Waals surface area contributed by atoms with E-state index in [4.69, 9.17) is 9.47 Å². The summed E-state index contributed by atoms with van der Waals surface area (Å²) in [6.07, 6.45) is 0.150. The predicted molar refractivity (Wildman–Crippen MR) is 73.5 cm³/mol. The van der Waals surface area contributed by atoms with Crippen molar-refractivity contribution in [3.05, 3.63) is 23.8 Å². The molecule has 6 heteroatoms. The van der Waals surface area contributed by atoms with Crippen molar-refractivity contribution in [1.82, 2.24) is 10.9 Å². The summed E-state index contributed by atoms with van der Waals surface area (Å²) < 4.78 is 10.6. The summed E-state index contributed by atoms with van der Waals surface area (Å²) >= 11 is 0. The van der Waals surface area contributed by atoms with Crippen LogP contribution in [-0.4, -0.2) is 23.4 Å². The minimum atomic E-state index is -0.544. The lowest BCUT2D eigenvalue weighted by molar-refractivity contribution is 0.0481. The number of aromatic hydroxyl groups is 1. The summed E-state index contributed by atoms with van der Waals surface area (Å²) in [4.78, 5) is 11.6. The summed E-state index contributed by atoms with van der Waals surface area (Å²) in [5, 5.41) is 9.54. The van der Waals surface area contributed by atoms with Crippen LogP contribution in [0.1, 0.15) is 38.8 Å². The molecule has 0 aromatic heterocycles. The van der Waals surface area contributed by atoms with E-state index in [0.717, 1.165) is 5.56 Å². The number of nitrogens with one attached hydrogen (secondary N) is 2. The second-order valence-electron chi connectivity index (χ2n) is 5.68. The van der Waals surface area contributed by atoms with Gasteiger partial charge in [0.25, 0.3) is 0 Å². The van der Waals surface area contributed by atoms with Crippen molar-refractivity contribution in [3.63, 3.8) is 0 Å². The van der Waals surface area contributed by atoms with E-state index in [2.05, 4.69) is 10.9 Å². The number of hydrogen-bond donors (Lipinski definition) is 3. The first-order chi connectivity index (χ1) is 9.35. The van der Waals surface area contributed by atoms with Gasteiger partial charge < -0.3 is 14.6 Å². The molecule has 1 unspecified atom stereocenters. The van der Waals surface area contributed by atoms with E-state index < -0.39 is 11.7 Å². The molecule has 0 fully saturated rings. The van der Waals surface area contributed by atoms with Crippen LogP contribution in [0.5, 0.6) is 11.5 Å². The van der Waals surface area contributed by atoms with Crippen LogP contribution in [0.25, 0.3) is 0 Å². The summed E-state index contributed by atoms with van der Waals surface area (Å²) in [5.41, 5.74) is 5.70. The normalized spacial score (nSPS) is 17.9. The molecule has 0 saturated carbocycles. The third-order valence-corrected chi connectivity index (χ3v) is 2.78. The zero-order valence-corrected chi connectivity index (χ0v) is 11.9. The maximum atomic E-state index is 11.6. The average molecular weight is 280 g/mol. The summed E-state index contributed by atoms with van der Waals surface area (Å²) in [5.74, 6) is 0.871. The van der Waals surface area contributed by atoms with Crippen molar-refractivity contribution in [2.45, 2.75) is 38.8 Å². The SMILES string of the molecule is CC(C)(C)OC(=O)NNC1CCOc2ccc(O)cc21. The van der Waals surface area contributed by atoms with Crippen molar-refractivity contribution >= 4 is 6.09 Å². The molecule has 1 amide bonds. The van der Waals surface area contributed by atoms with Gasteiger partial charge in [-0.2, -0.15) is 0 Å². The van der Waals surface area contributed by atoms with Crippen LogP contribution < -0.4 is 15.6 Å². The van der Waals surface area contributed by atoms with E-state index in [1.807, 2.05) is 0 Å². The molecule has 0 saturated heterocycles. The Balaban J connectivity index is 1.98. The van der Waals surface area contributed by atoms with Crippen LogP contribution in [0.2, 0.25) is 0 Å². The fourth-order valence-corrected chi connectivity index (χ4v) is 1.98. The summed E-state index contributed by atoms with van der Waals surface area (Å²) in [6.45, 7) is 5.95. The quantitative estimate of drug-likeness (QED) is 0.724. The van der Waals surface area contributed by atoms with E-state index in [9.17, 15) is 9.90 Å². The van der Waals surface area contributed by atoms with Gasteiger partial charge in [0.15, 0.2) is 0 Å². The minimum Gasteiger partial charge on any atom is -0.508 e. The standard InChI is InChI=1S/C14H20N2O4/c1-14(2,3)20-13(18)16-15-11-6-7-19-12-5-4-9(17)8-10(11)12/h4-5,8,11,15,17H,6-7H2,1-3H3,(H,16,18). The molecule has 1 aliphatic rings. The van der Waals surface area contributed by atoms with Gasteiger partial charge >= 0.3 is 6.09 Å². The van der Waals surface area contributed by atoms with E-state index in [1.165, 1.54) is 0 Å². The Kier molecular flexibility index (Phi) is 4.04. The molecule has 3 N–H and O–H groups in total. The smallest absolute Gasteiger partial charge is 0.422 e. The molecule has 110 valence electrons.